The minimum Gasteiger partial charge on any atom is -0.249 e. The van der Waals surface area contributed by atoms with Gasteiger partial charge in [-0.25, -0.2) is 4.99 Å². The fraction of sp³-hybridized carbons (Fsp3) is 0.500. The first-order valence-electron chi connectivity index (χ1n) is 7.01. The van der Waals surface area contributed by atoms with Crippen molar-refractivity contribution in [2.75, 3.05) is 0 Å². The van der Waals surface area contributed by atoms with E-state index >= 15 is 0 Å². The molecule has 1 heterocycles. The molecule has 1 aromatic carbocycles. The van der Waals surface area contributed by atoms with Crippen LogP contribution in [0.4, 0.5) is 0 Å². The molecule has 1 aliphatic rings. The summed E-state index contributed by atoms with van der Waals surface area (Å²) in [6.45, 7) is 15.6. The van der Waals surface area contributed by atoms with Crippen LogP contribution < -0.4 is 0 Å². The Bertz CT molecular complexity index is 560. The van der Waals surface area contributed by atoms with Crippen molar-refractivity contribution in [1.82, 2.24) is 0 Å². The highest BCUT2D eigenvalue weighted by atomic mass is 14.9. The molecule has 0 unspecified atom stereocenters. The fourth-order valence-electron chi connectivity index (χ4n) is 2.15. The quantitative estimate of drug-likeness (QED) is 0.659. The van der Waals surface area contributed by atoms with Crippen LogP contribution in [0.3, 0.4) is 0 Å². The van der Waals surface area contributed by atoms with Crippen molar-refractivity contribution >= 4 is 11.8 Å². The number of aliphatic imine (C=N–C) groups is 1. The van der Waals surface area contributed by atoms with Crippen molar-refractivity contribution in [3.8, 4) is 0 Å². The molecule has 19 heavy (non-hydrogen) atoms. The summed E-state index contributed by atoms with van der Waals surface area (Å²) in [4.78, 5) is 4.53. The molecule has 1 heteroatoms. The third kappa shape index (κ3) is 3.15. The summed E-state index contributed by atoms with van der Waals surface area (Å²) >= 11 is 0. The van der Waals surface area contributed by atoms with E-state index in [1.165, 1.54) is 28.1 Å². The monoisotopic (exact) mass is 255 g/mol. The minimum atomic E-state index is 0.168. The van der Waals surface area contributed by atoms with Gasteiger partial charge in [-0.3, -0.25) is 0 Å². The molecule has 0 amide bonds. The van der Waals surface area contributed by atoms with Crippen LogP contribution in [0.2, 0.25) is 0 Å². The van der Waals surface area contributed by atoms with Crippen LogP contribution in [0.5, 0.6) is 0 Å². The molecule has 0 N–H and O–H groups in total. The first-order chi connectivity index (χ1) is 8.59. The fourth-order valence-corrected chi connectivity index (χ4v) is 2.15. The molecular weight excluding hydrogens is 230 g/mol. The number of rotatable bonds is 1. The summed E-state index contributed by atoms with van der Waals surface area (Å²) in [6, 6.07) is 6.75. The van der Waals surface area contributed by atoms with Crippen LogP contribution in [0.1, 0.15) is 58.2 Å². The van der Waals surface area contributed by atoms with Gasteiger partial charge in [0.1, 0.15) is 0 Å². The third-order valence-electron chi connectivity index (χ3n) is 3.57. The molecule has 0 atom stereocenters. The summed E-state index contributed by atoms with van der Waals surface area (Å²) in [5, 5.41) is 0. The van der Waals surface area contributed by atoms with Crippen LogP contribution in [-0.4, -0.2) is 5.71 Å². The smallest absolute Gasteiger partial charge is 0.0860 e. The molecule has 0 fully saturated rings. The lowest BCUT2D eigenvalue weighted by atomic mass is 9.85. The van der Waals surface area contributed by atoms with Crippen LogP contribution in [0, 0.1) is 12.3 Å². The highest BCUT2D eigenvalue weighted by molar-refractivity contribution is 6.18. The van der Waals surface area contributed by atoms with Crippen molar-refractivity contribution < 1.29 is 0 Å². The summed E-state index contributed by atoms with van der Waals surface area (Å²) in [5.41, 5.74) is 6.76. The molecule has 0 aliphatic carbocycles. The summed E-state index contributed by atoms with van der Waals surface area (Å²) in [7, 11) is 0. The molecule has 0 saturated carbocycles. The Morgan fingerprint density at radius 2 is 1.58 bits per heavy atom. The first kappa shape index (κ1) is 14.0. The van der Waals surface area contributed by atoms with Gasteiger partial charge < -0.3 is 0 Å². The Balaban J connectivity index is 2.31. The molecular formula is C18H25N. The molecule has 0 spiro atoms. The van der Waals surface area contributed by atoms with E-state index in [0.29, 0.717) is 0 Å². The summed E-state index contributed by atoms with van der Waals surface area (Å²) < 4.78 is 0. The Labute approximate surface area is 117 Å². The Kier molecular flexibility index (Phi) is 3.20. The van der Waals surface area contributed by atoms with E-state index in [1.807, 2.05) is 0 Å². The topological polar surface area (TPSA) is 12.4 Å². The molecule has 0 saturated heterocycles. The van der Waals surface area contributed by atoms with Crippen LogP contribution in [0.15, 0.2) is 28.9 Å². The SMILES string of the molecule is Cc1ccc(C(C)(C)C)cc1/C=C1N=C/1C(C)(C)C. The number of hydrogen-bond acceptors (Lipinski definition) is 1. The van der Waals surface area contributed by atoms with E-state index in [0.717, 1.165) is 0 Å². The van der Waals surface area contributed by atoms with Gasteiger partial charge in [0.2, 0.25) is 0 Å². The average molecular weight is 255 g/mol. The maximum Gasteiger partial charge on any atom is 0.0860 e. The van der Waals surface area contributed by atoms with Gasteiger partial charge in [0.15, 0.2) is 0 Å². The van der Waals surface area contributed by atoms with E-state index < -0.39 is 0 Å². The molecule has 0 bridgehead atoms. The van der Waals surface area contributed by atoms with Crippen molar-refractivity contribution in [3.05, 3.63) is 40.6 Å². The Morgan fingerprint density at radius 1 is 0.947 bits per heavy atom. The number of hydrogen-bond donors (Lipinski definition) is 0. The zero-order valence-electron chi connectivity index (χ0n) is 13.3. The van der Waals surface area contributed by atoms with Crippen molar-refractivity contribution in [2.24, 2.45) is 10.4 Å². The largest absolute Gasteiger partial charge is 0.249 e. The standard InChI is InChI=1S/C18H25N/c1-12-8-9-14(17(2,3)4)10-13(12)11-15-16(19-15)18(5,6)7/h8-11H,1-7H3/b15-11+. The lowest BCUT2D eigenvalue weighted by Crippen LogP contribution is -2.12. The number of aryl methyl sites for hydroxylation is 1. The van der Waals surface area contributed by atoms with Crippen LogP contribution in [-0.2, 0) is 5.41 Å². The highest BCUT2D eigenvalue weighted by Gasteiger charge is 2.31. The molecule has 1 aromatic rings. The van der Waals surface area contributed by atoms with Crippen LogP contribution >= 0.6 is 0 Å². The highest BCUT2D eigenvalue weighted by Crippen LogP contribution is 2.35. The van der Waals surface area contributed by atoms with E-state index in [-0.39, 0.29) is 10.8 Å². The van der Waals surface area contributed by atoms with Crippen molar-refractivity contribution in [2.45, 2.75) is 53.9 Å². The van der Waals surface area contributed by atoms with E-state index in [2.05, 4.69) is 77.7 Å². The average Bonchev–Trinajstić information content (AvgIpc) is 2.98. The van der Waals surface area contributed by atoms with E-state index in [1.54, 1.807) is 0 Å². The molecule has 2 rings (SSSR count). The second-order valence-electron chi connectivity index (χ2n) is 7.56. The van der Waals surface area contributed by atoms with Gasteiger partial charge in [-0.05, 0) is 35.1 Å². The van der Waals surface area contributed by atoms with Crippen molar-refractivity contribution in [1.29, 1.82) is 0 Å². The normalized spacial score (nSPS) is 17.6. The van der Waals surface area contributed by atoms with Crippen LogP contribution in [0.25, 0.3) is 6.08 Å². The molecule has 1 aliphatic heterocycles. The predicted molar refractivity (Wildman–Crippen MR) is 84.7 cm³/mol. The maximum atomic E-state index is 4.53. The van der Waals surface area contributed by atoms with Gasteiger partial charge in [0.25, 0.3) is 0 Å². The van der Waals surface area contributed by atoms with Gasteiger partial charge in [-0.1, -0.05) is 59.7 Å². The first-order valence-corrected chi connectivity index (χ1v) is 7.01. The number of benzene rings is 1. The molecule has 0 radical (unpaired) electrons. The predicted octanol–water partition coefficient (Wildman–Crippen LogP) is 5.13. The maximum absolute atomic E-state index is 4.53. The van der Waals surface area contributed by atoms with Gasteiger partial charge in [0, 0.05) is 5.41 Å². The molecule has 1 nitrogen and oxygen atoms in total. The van der Waals surface area contributed by atoms with E-state index in [4.69, 9.17) is 0 Å². The Morgan fingerprint density at radius 3 is 2.05 bits per heavy atom. The zero-order chi connectivity index (χ0) is 14.4. The summed E-state index contributed by atoms with van der Waals surface area (Å²) in [6.07, 6.45) is 2.23. The number of allylic oxidation sites excluding steroid dienone is 1. The second kappa shape index (κ2) is 4.33. The van der Waals surface area contributed by atoms with Crippen molar-refractivity contribution in [3.63, 3.8) is 0 Å². The van der Waals surface area contributed by atoms with E-state index in [9.17, 15) is 0 Å². The van der Waals surface area contributed by atoms with Gasteiger partial charge >= 0.3 is 0 Å². The number of nitrogens with zero attached hydrogens (tertiary/aromatic N) is 1. The zero-order valence-corrected chi connectivity index (χ0v) is 13.3. The van der Waals surface area contributed by atoms with Gasteiger partial charge in [-0.2, -0.15) is 0 Å². The molecule has 0 aromatic heterocycles. The van der Waals surface area contributed by atoms with Gasteiger partial charge in [-0.15, -0.1) is 0 Å². The lowest BCUT2D eigenvalue weighted by molar-refractivity contribution is 0.590. The van der Waals surface area contributed by atoms with Gasteiger partial charge in [0.05, 0.1) is 11.4 Å². The Hall–Kier alpha value is -1.37. The third-order valence-corrected chi connectivity index (χ3v) is 3.57. The molecule has 102 valence electrons. The minimum absolute atomic E-state index is 0.168. The summed E-state index contributed by atoms with van der Waals surface area (Å²) in [5.74, 6) is 0. The second-order valence-corrected chi connectivity index (χ2v) is 7.56. The lowest BCUT2D eigenvalue weighted by Gasteiger charge is -2.20.